The molecular weight excluding hydrogens is 294 g/mol. The molecule has 2 atom stereocenters. The molecule has 0 fully saturated rings. The van der Waals surface area contributed by atoms with Crippen LogP contribution in [0.25, 0.3) is 0 Å². The van der Waals surface area contributed by atoms with Crippen LogP contribution in [0.5, 0.6) is 5.75 Å². The number of halogens is 1. The molecule has 0 radical (unpaired) electrons. The molecular formula is C14H18BrNO2. The summed E-state index contributed by atoms with van der Waals surface area (Å²) in [7, 11) is 0. The minimum Gasteiger partial charge on any atom is -0.480 e. The van der Waals surface area contributed by atoms with Crippen molar-refractivity contribution in [3.05, 3.63) is 29.8 Å². The van der Waals surface area contributed by atoms with Gasteiger partial charge in [-0.05, 0) is 17.5 Å². The summed E-state index contributed by atoms with van der Waals surface area (Å²) < 4.78 is 5.67. The SMILES string of the molecule is CC(C)C(CBr)NC(=O)C1Cc2ccccc2O1. The Hall–Kier alpha value is -1.03. The highest BCUT2D eigenvalue weighted by atomic mass is 79.9. The van der Waals surface area contributed by atoms with Gasteiger partial charge in [-0.1, -0.05) is 48.0 Å². The Bertz CT molecular complexity index is 409. The van der Waals surface area contributed by atoms with E-state index in [0.717, 1.165) is 16.6 Å². The van der Waals surface area contributed by atoms with E-state index in [1.54, 1.807) is 0 Å². The molecule has 1 N–H and O–H groups in total. The number of amides is 1. The van der Waals surface area contributed by atoms with Crippen molar-refractivity contribution in [1.29, 1.82) is 0 Å². The number of fused-ring (bicyclic) bond motifs is 1. The highest BCUT2D eigenvalue weighted by molar-refractivity contribution is 9.09. The Kier molecular flexibility index (Phi) is 4.27. The maximum Gasteiger partial charge on any atom is 0.261 e. The molecule has 0 saturated heterocycles. The monoisotopic (exact) mass is 311 g/mol. The minimum absolute atomic E-state index is 0.0237. The maximum absolute atomic E-state index is 12.1. The summed E-state index contributed by atoms with van der Waals surface area (Å²) in [6.07, 6.45) is 0.275. The first-order chi connectivity index (χ1) is 8.61. The number of hydrogen-bond donors (Lipinski definition) is 1. The van der Waals surface area contributed by atoms with Gasteiger partial charge in [0.1, 0.15) is 5.75 Å². The van der Waals surface area contributed by atoms with Gasteiger partial charge in [0.15, 0.2) is 6.10 Å². The van der Waals surface area contributed by atoms with Gasteiger partial charge in [-0.3, -0.25) is 4.79 Å². The summed E-state index contributed by atoms with van der Waals surface area (Å²) in [5, 5.41) is 3.79. The van der Waals surface area contributed by atoms with Crippen LogP contribution in [-0.4, -0.2) is 23.4 Å². The van der Waals surface area contributed by atoms with Gasteiger partial charge in [-0.15, -0.1) is 0 Å². The van der Waals surface area contributed by atoms with Crippen molar-refractivity contribution in [3.8, 4) is 5.75 Å². The predicted octanol–water partition coefficient (Wildman–Crippen LogP) is 2.53. The number of alkyl halides is 1. The number of rotatable bonds is 4. The van der Waals surface area contributed by atoms with Gasteiger partial charge in [0.05, 0.1) is 0 Å². The lowest BCUT2D eigenvalue weighted by atomic mass is 10.1. The van der Waals surface area contributed by atoms with Crippen molar-refractivity contribution < 1.29 is 9.53 Å². The van der Waals surface area contributed by atoms with E-state index in [0.29, 0.717) is 12.3 Å². The number of para-hydroxylation sites is 1. The van der Waals surface area contributed by atoms with E-state index in [2.05, 4.69) is 35.1 Å². The Labute approximate surface area is 116 Å². The molecule has 1 aliphatic heterocycles. The summed E-state index contributed by atoms with van der Waals surface area (Å²) >= 11 is 3.43. The number of hydrogen-bond acceptors (Lipinski definition) is 2. The molecule has 0 saturated carbocycles. The lowest BCUT2D eigenvalue weighted by Crippen LogP contribution is -2.46. The van der Waals surface area contributed by atoms with E-state index in [9.17, 15) is 4.79 Å². The van der Waals surface area contributed by atoms with Crippen molar-refractivity contribution in [1.82, 2.24) is 5.32 Å². The Morgan fingerprint density at radius 2 is 2.22 bits per heavy atom. The van der Waals surface area contributed by atoms with Crippen molar-refractivity contribution in [2.45, 2.75) is 32.4 Å². The third kappa shape index (κ3) is 2.86. The van der Waals surface area contributed by atoms with Crippen molar-refractivity contribution in [2.75, 3.05) is 5.33 Å². The van der Waals surface area contributed by atoms with Crippen molar-refractivity contribution in [2.24, 2.45) is 5.92 Å². The second-order valence-electron chi connectivity index (χ2n) is 4.93. The zero-order chi connectivity index (χ0) is 13.1. The average molecular weight is 312 g/mol. The minimum atomic E-state index is -0.386. The highest BCUT2D eigenvalue weighted by Crippen LogP contribution is 2.28. The molecule has 1 aromatic rings. The molecule has 2 rings (SSSR count). The van der Waals surface area contributed by atoms with Gasteiger partial charge >= 0.3 is 0 Å². The quantitative estimate of drug-likeness (QED) is 0.868. The first-order valence-corrected chi connectivity index (χ1v) is 7.35. The second kappa shape index (κ2) is 5.74. The second-order valence-corrected chi connectivity index (χ2v) is 5.58. The first kappa shape index (κ1) is 13.4. The van der Waals surface area contributed by atoms with Crippen LogP contribution >= 0.6 is 15.9 Å². The largest absolute Gasteiger partial charge is 0.480 e. The predicted molar refractivity (Wildman–Crippen MR) is 75.1 cm³/mol. The molecule has 0 aromatic heterocycles. The summed E-state index contributed by atoms with van der Waals surface area (Å²) in [5.74, 6) is 1.21. The number of nitrogens with one attached hydrogen (secondary N) is 1. The fraction of sp³-hybridized carbons (Fsp3) is 0.500. The van der Waals surface area contributed by atoms with Crippen molar-refractivity contribution in [3.63, 3.8) is 0 Å². The zero-order valence-electron chi connectivity index (χ0n) is 10.7. The average Bonchev–Trinajstić information content (AvgIpc) is 2.79. The van der Waals surface area contributed by atoms with Gasteiger partial charge in [-0.25, -0.2) is 0 Å². The summed E-state index contributed by atoms with van der Waals surface area (Å²) in [6.45, 7) is 4.19. The summed E-state index contributed by atoms with van der Waals surface area (Å²) in [6, 6.07) is 7.96. The van der Waals surface area contributed by atoms with Gasteiger partial charge in [0, 0.05) is 17.8 Å². The molecule has 98 valence electrons. The fourth-order valence-corrected chi connectivity index (χ4v) is 2.90. The van der Waals surface area contributed by atoms with Crippen LogP contribution in [0, 0.1) is 5.92 Å². The normalized spacial score (nSPS) is 19.2. The van der Waals surface area contributed by atoms with Crippen LogP contribution in [-0.2, 0) is 11.2 Å². The van der Waals surface area contributed by atoms with E-state index in [1.165, 1.54) is 0 Å². The lowest BCUT2D eigenvalue weighted by molar-refractivity contribution is -0.128. The number of carbonyl (C=O) groups excluding carboxylic acids is 1. The molecule has 4 heteroatoms. The van der Waals surface area contributed by atoms with Crippen molar-refractivity contribution >= 4 is 21.8 Å². The van der Waals surface area contributed by atoms with Crippen LogP contribution in [0.2, 0.25) is 0 Å². The molecule has 1 aromatic carbocycles. The first-order valence-electron chi connectivity index (χ1n) is 6.22. The highest BCUT2D eigenvalue weighted by Gasteiger charge is 2.30. The molecule has 0 bridgehead atoms. The Morgan fingerprint density at radius 1 is 1.50 bits per heavy atom. The van der Waals surface area contributed by atoms with E-state index >= 15 is 0 Å². The van der Waals surface area contributed by atoms with Gasteiger partial charge in [0.2, 0.25) is 0 Å². The third-order valence-electron chi connectivity index (χ3n) is 3.24. The van der Waals surface area contributed by atoms with E-state index in [-0.39, 0.29) is 18.1 Å². The molecule has 0 aliphatic carbocycles. The molecule has 1 aliphatic rings. The topological polar surface area (TPSA) is 38.3 Å². The van der Waals surface area contributed by atoms with Gasteiger partial charge in [0.25, 0.3) is 5.91 Å². The van der Waals surface area contributed by atoms with Crippen LogP contribution in [0.4, 0.5) is 0 Å². The summed E-state index contributed by atoms with van der Waals surface area (Å²) in [5.41, 5.74) is 1.11. The maximum atomic E-state index is 12.1. The molecule has 18 heavy (non-hydrogen) atoms. The third-order valence-corrected chi connectivity index (χ3v) is 3.94. The number of ether oxygens (including phenoxy) is 1. The molecule has 3 nitrogen and oxygen atoms in total. The molecule has 1 amide bonds. The van der Waals surface area contributed by atoms with E-state index in [1.807, 2.05) is 24.3 Å². The van der Waals surface area contributed by atoms with Crippen LogP contribution < -0.4 is 10.1 Å². The smallest absolute Gasteiger partial charge is 0.261 e. The number of carbonyl (C=O) groups is 1. The molecule has 2 unspecified atom stereocenters. The van der Waals surface area contributed by atoms with Crippen LogP contribution in [0.1, 0.15) is 19.4 Å². The zero-order valence-corrected chi connectivity index (χ0v) is 12.2. The Balaban J connectivity index is 1.97. The van der Waals surface area contributed by atoms with Gasteiger partial charge in [-0.2, -0.15) is 0 Å². The standard InChI is InChI=1S/C14H18BrNO2/c1-9(2)11(8-15)16-14(17)13-7-10-5-3-4-6-12(10)18-13/h3-6,9,11,13H,7-8H2,1-2H3,(H,16,17). The van der Waals surface area contributed by atoms with E-state index in [4.69, 9.17) is 4.74 Å². The molecule has 1 heterocycles. The lowest BCUT2D eigenvalue weighted by Gasteiger charge is -2.21. The van der Waals surface area contributed by atoms with Crippen LogP contribution in [0.3, 0.4) is 0 Å². The summed E-state index contributed by atoms with van der Waals surface area (Å²) in [4.78, 5) is 12.1. The van der Waals surface area contributed by atoms with E-state index < -0.39 is 0 Å². The number of benzene rings is 1. The Morgan fingerprint density at radius 3 is 2.83 bits per heavy atom. The van der Waals surface area contributed by atoms with Gasteiger partial charge < -0.3 is 10.1 Å². The molecule has 0 spiro atoms. The fourth-order valence-electron chi connectivity index (χ4n) is 1.99. The van der Waals surface area contributed by atoms with Crippen LogP contribution in [0.15, 0.2) is 24.3 Å².